The van der Waals surface area contributed by atoms with Crippen LogP contribution in [0.15, 0.2) is 24.3 Å². The van der Waals surface area contributed by atoms with Gasteiger partial charge >= 0.3 is 0 Å². The zero-order valence-electron chi connectivity index (χ0n) is 10.00. The number of hydrogen-bond acceptors (Lipinski definition) is 3. The molecular weight excluding hydrogens is 223 g/mol. The zero-order valence-corrected chi connectivity index (χ0v) is 10.00. The number of hydrogen-bond donors (Lipinski definition) is 2. The Balaban J connectivity index is 2.38. The summed E-state index contributed by atoms with van der Waals surface area (Å²) in [6.45, 7) is 3.70. The molecule has 3 N–H and O–H groups in total. The molecule has 0 saturated carbocycles. The van der Waals surface area contributed by atoms with Crippen molar-refractivity contribution in [2.24, 2.45) is 5.73 Å². The molecule has 1 aromatic rings. The summed E-state index contributed by atoms with van der Waals surface area (Å²) in [5, 5.41) is 2.42. The Bertz CT molecular complexity index is 388. The van der Waals surface area contributed by atoms with Crippen LogP contribution in [0.4, 0.5) is 10.1 Å². The topological polar surface area (TPSA) is 64.3 Å². The fourth-order valence-electron chi connectivity index (χ4n) is 1.16. The van der Waals surface area contributed by atoms with E-state index in [-0.39, 0.29) is 18.9 Å². The minimum atomic E-state index is -0.488. The molecule has 1 rings (SSSR count). The third-order valence-corrected chi connectivity index (χ3v) is 1.86. The molecule has 17 heavy (non-hydrogen) atoms. The Hall–Kier alpha value is -1.46. The lowest BCUT2D eigenvalue weighted by molar-refractivity contribution is -0.121. The van der Waals surface area contributed by atoms with Gasteiger partial charge < -0.3 is 15.8 Å². The van der Waals surface area contributed by atoms with Gasteiger partial charge in [-0.2, -0.15) is 0 Å². The Labute approximate surface area is 100.0 Å². The highest BCUT2D eigenvalue weighted by atomic mass is 19.1. The Morgan fingerprint density at radius 1 is 1.47 bits per heavy atom. The van der Waals surface area contributed by atoms with Crippen molar-refractivity contribution in [3.63, 3.8) is 0 Å². The summed E-state index contributed by atoms with van der Waals surface area (Å²) in [4.78, 5) is 11.4. The first-order valence-corrected chi connectivity index (χ1v) is 5.29. The maximum absolute atomic E-state index is 13.2. The number of rotatable bonds is 5. The number of para-hydroxylation sites is 1. The van der Waals surface area contributed by atoms with Crippen molar-refractivity contribution in [1.29, 1.82) is 0 Å². The van der Waals surface area contributed by atoms with Crippen molar-refractivity contribution >= 4 is 11.6 Å². The second-order valence-electron chi connectivity index (χ2n) is 4.51. The maximum Gasteiger partial charge on any atom is 0.250 e. The highest BCUT2D eigenvalue weighted by molar-refractivity contribution is 5.91. The number of nitrogens with one attached hydrogen (secondary N) is 1. The summed E-state index contributed by atoms with van der Waals surface area (Å²) in [6.07, 6.45) is 0. The minimum absolute atomic E-state index is 0.144. The van der Waals surface area contributed by atoms with Crippen molar-refractivity contribution in [3.8, 4) is 0 Å². The molecule has 5 heteroatoms. The lowest BCUT2D eigenvalue weighted by atomic mass is 10.1. The van der Waals surface area contributed by atoms with Gasteiger partial charge in [0.05, 0.1) is 12.3 Å². The number of carbonyl (C=O) groups excluding carboxylic acids is 1. The second kappa shape index (κ2) is 5.75. The normalized spacial score (nSPS) is 11.3. The van der Waals surface area contributed by atoms with E-state index in [9.17, 15) is 9.18 Å². The van der Waals surface area contributed by atoms with Gasteiger partial charge in [-0.3, -0.25) is 4.79 Å². The summed E-state index contributed by atoms with van der Waals surface area (Å²) in [7, 11) is 0. The predicted molar refractivity (Wildman–Crippen MR) is 64.1 cm³/mol. The van der Waals surface area contributed by atoms with Crippen molar-refractivity contribution in [1.82, 2.24) is 0 Å². The predicted octanol–water partition coefficient (Wildman–Crippen LogP) is 1.52. The first-order chi connectivity index (χ1) is 7.88. The fourth-order valence-corrected chi connectivity index (χ4v) is 1.16. The highest BCUT2D eigenvalue weighted by Gasteiger charge is 2.12. The van der Waals surface area contributed by atoms with Crippen LogP contribution < -0.4 is 11.1 Å². The van der Waals surface area contributed by atoms with Crippen molar-refractivity contribution in [2.45, 2.75) is 19.4 Å². The largest absolute Gasteiger partial charge is 0.370 e. The van der Waals surface area contributed by atoms with E-state index in [2.05, 4.69) is 5.32 Å². The van der Waals surface area contributed by atoms with E-state index in [4.69, 9.17) is 10.5 Å². The number of nitrogens with two attached hydrogens (primary N) is 1. The smallest absolute Gasteiger partial charge is 0.250 e. The van der Waals surface area contributed by atoms with Crippen molar-refractivity contribution in [2.75, 3.05) is 18.5 Å². The van der Waals surface area contributed by atoms with Gasteiger partial charge in [-0.25, -0.2) is 4.39 Å². The lowest BCUT2D eigenvalue weighted by Crippen LogP contribution is -2.38. The van der Waals surface area contributed by atoms with E-state index in [1.165, 1.54) is 12.1 Å². The molecule has 94 valence electrons. The van der Waals surface area contributed by atoms with Crippen LogP contribution in [0.2, 0.25) is 0 Å². The number of benzene rings is 1. The summed E-state index contributed by atoms with van der Waals surface area (Å²) in [5.41, 5.74) is 5.34. The number of carbonyl (C=O) groups is 1. The van der Waals surface area contributed by atoms with Gasteiger partial charge in [0.25, 0.3) is 0 Å². The maximum atomic E-state index is 13.2. The third kappa shape index (κ3) is 5.42. The SMILES string of the molecule is CC(C)(N)COCC(=O)Nc1ccccc1F. The van der Waals surface area contributed by atoms with E-state index in [0.717, 1.165) is 0 Å². The van der Waals surface area contributed by atoms with Crippen LogP contribution in [0.3, 0.4) is 0 Å². The van der Waals surface area contributed by atoms with E-state index in [1.54, 1.807) is 26.0 Å². The van der Waals surface area contributed by atoms with Crippen molar-refractivity contribution in [3.05, 3.63) is 30.1 Å². The van der Waals surface area contributed by atoms with Crippen LogP contribution >= 0.6 is 0 Å². The number of halogens is 1. The molecule has 1 aromatic carbocycles. The molecular formula is C12H17FN2O2. The van der Waals surface area contributed by atoms with Crippen LogP contribution in [0.5, 0.6) is 0 Å². The monoisotopic (exact) mass is 240 g/mol. The van der Waals surface area contributed by atoms with Gasteiger partial charge in [-0.15, -0.1) is 0 Å². The minimum Gasteiger partial charge on any atom is -0.370 e. The second-order valence-corrected chi connectivity index (χ2v) is 4.51. The number of anilines is 1. The zero-order chi connectivity index (χ0) is 12.9. The Morgan fingerprint density at radius 2 is 2.12 bits per heavy atom. The first kappa shape index (κ1) is 13.6. The van der Waals surface area contributed by atoms with Crippen LogP contribution in [0.1, 0.15) is 13.8 Å². The van der Waals surface area contributed by atoms with E-state index < -0.39 is 17.3 Å². The van der Waals surface area contributed by atoms with Crippen molar-refractivity contribution < 1.29 is 13.9 Å². The van der Waals surface area contributed by atoms with Gasteiger partial charge in [-0.1, -0.05) is 12.1 Å². The molecule has 0 fully saturated rings. The molecule has 0 aromatic heterocycles. The quantitative estimate of drug-likeness (QED) is 0.820. The molecule has 0 bridgehead atoms. The average molecular weight is 240 g/mol. The summed E-state index contributed by atoms with van der Waals surface area (Å²) < 4.78 is 18.3. The molecule has 0 radical (unpaired) electrons. The van der Waals surface area contributed by atoms with Gasteiger partial charge in [0.2, 0.25) is 5.91 Å². The molecule has 0 unspecified atom stereocenters. The highest BCUT2D eigenvalue weighted by Crippen LogP contribution is 2.11. The molecule has 0 spiro atoms. The van der Waals surface area contributed by atoms with Crippen LogP contribution in [0.25, 0.3) is 0 Å². The van der Waals surface area contributed by atoms with E-state index in [1.807, 2.05) is 0 Å². The van der Waals surface area contributed by atoms with E-state index >= 15 is 0 Å². The number of amides is 1. The van der Waals surface area contributed by atoms with Gasteiger partial charge in [0.1, 0.15) is 12.4 Å². The van der Waals surface area contributed by atoms with Crippen LogP contribution in [0, 0.1) is 5.82 Å². The standard InChI is InChI=1S/C12H17FN2O2/c1-12(2,14)8-17-7-11(16)15-10-6-4-3-5-9(10)13/h3-6H,7-8,14H2,1-2H3,(H,15,16). The van der Waals surface area contributed by atoms with Crippen LogP contribution in [-0.2, 0) is 9.53 Å². The summed E-state index contributed by atoms with van der Waals surface area (Å²) in [6, 6.07) is 5.96. The lowest BCUT2D eigenvalue weighted by Gasteiger charge is -2.17. The summed E-state index contributed by atoms with van der Waals surface area (Å²) >= 11 is 0. The molecule has 1 amide bonds. The molecule has 0 atom stereocenters. The molecule has 0 heterocycles. The van der Waals surface area contributed by atoms with Gasteiger partial charge in [0, 0.05) is 5.54 Å². The average Bonchev–Trinajstić information content (AvgIpc) is 2.19. The fraction of sp³-hybridized carbons (Fsp3) is 0.417. The van der Waals surface area contributed by atoms with Crippen LogP contribution in [-0.4, -0.2) is 24.7 Å². The Kier molecular flexibility index (Phi) is 4.60. The molecule has 4 nitrogen and oxygen atoms in total. The Morgan fingerprint density at radius 3 is 2.71 bits per heavy atom. The third-order valence-electron chi connectivity index (χ3n) is 1.86. The molecule has 0 aliphatic rings. The molecule has 0 aliphatic heterocycles. The number of ether oxygens (including phenoxy) is 1. The van der Waals surface area contributed by atoms with E-state index in [0.29, 0.717) is 0 Å². The molecule has 0 aliphatic carbocycles. The molecule has 0 saturated heterocycles. The first-order valence-electron chi connectivity index (χ1n) is 5.29. The van der Waals surface area contributed by atoms with Gasteiger partial charge in [0.15, 0.2) is 0 Å². The van der Waals surface area contributed by atoms with Gasteiger partial charge in [-0.05, 0) is 26.0 Å². The summed E-state index contributed by atoms with van der Waals surface area (Å²) in [5.74, 6) is -0.876.